The van der Waals surface area contributed by atoms with Crippen LogP contribution < -0.4 is 5.32 Å². The van der Waals surface area contributed by atoms with Gasteiger partial charge in [0.25, 0.3) is 11.8 Å². The molecular weight excluding hydrogens is 324 g/mol. The second kappa shape index (κ2) is 8.35. The van der Waals surface area contributed by atoms with Gasteiger partial charge in [-0.1, -0.05) is 57.6 Å². The fourth-order valence-electron chi connectivity index (χ4n) is 3.79. The summed E-state index contributed by atoms with van der Waals surface area (Å²) in [6.45, 7) is 2.72. The summed E-state index contributed by atoms with van der Waals surface area (Å²) in [6.07, 6.45) is 8.18. The van der Waals surface area contributed by atoms with Crippen molar-refractivity contribution in [3.8, 4) is 0 Å². The zero-order valence-electron chi connectivity index (χ0n) is 15.8. The quantitative estimate of drug-likeness (QED) is 0.497. The molecule has 0 unspecified atom stereocenters. The zero-order valence-corrected chi connectivity index (χ0v) is 15.8. The number of nitrogens with zero attached hydrogens (tertiary/aromatic N) is 1. The van der Waals surface area contributed by atoms with Crippen molar-refractivity contribution in [3.63, 3.8) is 0 Å². The lowest BCUT2D eigenvalue weighted by molar-refractivity contribution is 0.0608. The third-order valence-electron chi connectivity index (χ3n) is 5.25. The normalized spacial score (nSPS) is 13.5. The van der Waals surface area contributed by atoms with E-state index < -0.39 is 0 Å². The summed E-state index contributed by atoms with van der Waals surface area (Å²) in [5, 5.41) is 4.85. The lowest BCUT2D eigenvalue weighted by Crippen LogP contribution is -2.40. The van der Waals surface area contributed by atoms with Gasteiger partial charge >= 0.3 is 0 Å². The number of carbonyl (C=O) groups excluding carboxylic acids is 2. The molecule has 1 N–H and O–H groups in total. The van der Waals surface area contributed by atoms with E-state index in [1.54, 1.807) is 0 Å². The van der Waals surface area contributed by atoms with Gasteiger partial charge < -0.3 is 5.32 Å². The van der Waals surface area contributed by atoms with E-state index in [-0.39, 0.29) is 11.8 Å². The fraction of sp³-hybridized carbons (Fsp3) is 0.455. The molecule has 0 bridgehead atoms. The molecule has 0 atom stereocenters. The molecule has 0 spiro atoms. The summed E-state index contributed by atoms with van der Waals surface area (Å²) in [5.74, 6) is -0.320. The lowest BCUT2D eigenvalue weighted by atomic mass is 9.93. The molecule has 0 saturated heterocycles. The highest BCUT2D eigenvalue weighted by atomic mass is 16.2. The molecule has 1 aliphatic heterocycles. The van der Waals surface area contributed by atoms with Gasteiger partial charge in [-0.25, -0.2) is 0 Å². The Balaban J connectivity index is 1.74. The number of rotatable bonds is 9. The molecular formula is C22H28N2O2. The van der Waals surface area contributed by atoms with Crippen LogP contribution in [0.25, 0.3) is 10.8 Å². The third-order valence-corrected chi connectivity index (χ3v) is 5.25. The second-order valence-corrected chi connectivity index (χ2v) is 7.02. The van der Waals surface area contributed by atoms with Crippen molar-refractivity contribution in [2.45, 2.75) is 51.9 Å². The van der Waals surface area contributed by atoms with Gasteiger partial charge in [0.2, 0.25) is 0 Å². The summed E-state index contributed by atoms with van der Waals surface area (Å²) in [6, 6.07) is 9.44. The van der Waals surface area contributed by atoms with Gasteiger partial charge in [0.05, 0.1) is 0 Å². The number of imide groups is 1. The maximum absolute atomic E-state index is 12.9. The smallest absolute Gasteiger partial charge is 0.261 e. The van der Waals surface area contributed by atoms with E-state index in [9.17, 15) is 9.59 Å². The summed E-state index contributed by atoms with van der Waals surface area (Å²) < 4.78 is 0. The molecule has 3 rings (SSSR count). The Hall–Kier alpha value is -2.36. The van der Waals surface area contributed by atoms with Crippen molar-refractivity contribution in [3.05, 3.63) is 41.5 Å². The van der Waals surface area contributed by atoms with Crippen LogP contribution in [0.3, 0.4) is 0 Å². The van der Waals surface area contributed by atoms with Crippen molar-refractivity contribution >= 4 is 28.3 Å². The Morgan fingerprint density at radius 1 is 0.846 bits per heavy atom. The molecule has 0 aliphatic carbocycles. The SMILES string of the molecule is CCCCCCCCCN1C(=O)c2cccc3c(NC)ccc(c23)C1=O. The number of benzene rings is 2. The molecule has 26 heavy (non-hydrogen) atoms. The summed E-state index contributed by atoms with van der Waals surface area (Å²) >= 11 is 0. The molecule has 1 heterocycles. The largest absolute Gasteiger partial charge is 0.388 e. The summed E-state index contributed by atoms with van der Waals surface area (Å²) in [4.78, 5) is 27.2. The van der Waals surface area contributed by atoms with Crippen molar-refractivity contribution in [1.29, 1.82) is 0 Å². The highest BCUT2D eigenvalue weighted by Crippen LogP contribution is 2.34. The Morgan fingerprint density at radius 3 is 2.19 bits per heavy atom. The maximum Gasteiger partial charge on any atom is 0.261 e. The molecule has 0 saturated carbocycles. The number of hydrogen-bond acceptors (Lipinski definition) is 3. The Morgan fingerprint density at radius 2 is 1.50 bits per heavy atom. The molecule has 2 amide bonds. The first-order chi connectivity index (χ1) is 12.7. The molecule has 2 aromatic carbocycles. The van der Waals surface area contributed by atoms with Crippen molar-refractivity contribution in [2.24, 2.45) is 0 Å². The molecule has 0 radical (unpaired) electrons. The highest BCUT2D eigenvalue weighted by molar-refractivity contribution is 6.26. The van der Waals surface area contributed by atoms with E-state index in [1.807, 2.05) is 37.4 Å². The van der Waals surface area contributed by atoms with Gasteiger partial charge in [-0.15, -0.1) is 0 Å². The lowest BCUT2D eigenvalue weighted by Gasteiger charge is -2.27. The number of amides is 2. The summed E-state index contributed by atoms with van der Waals surface area (Å²) in [7, 11) is 1.85. The van der Waals surface area contributed by atoms with E-state index >= 15 is 0 Å². The van der Waals surface area contributed by atoms with E-state index in [2.05, 4.69) is 12.2 Å². The molecule has 0 aromatic heterocycles. The fourth-order valence-corrected chi connectivity index (χ4v) is 3.79. The Labute approximate surface area is 155 Å². The third kappa shape index (κ3) is 3.46. The van der Waals surface area contributed by atoms with E-state index in [4.69, 9.17) is 0 Å². The van der Waals surface area contributed by atoms with Crippen LogP contribution in [0.5, 0.6) is 0 Å². The van der Waals surface area contributed by atoms with E-state index in [0.29, 0.717) is 17.7 Å². The van der Waals surface area contributed by atoms with Gasteiger partial charge in [-0.2, -0.15) is 0 Å². The summed E-state index contributed by atoms with van der Waals surface area (Å²) in [5.41, 5.74) is 2.21. The number of carbonyl (C=O) groups is 2. The number of unbranched alkanes of at least 4 members (excludes halogenated alkanes) is 6. The first-order valence-electron chi connectivity index (χ1n) is 9.78. The van der Waals surface area contributed by atoms with Crippen molar-refractivity contribution in [1.82, 2.24) is 4.90 Å². The number of hydrogen-bond donors (Lipinski definition) is 1. The topological polar surface area (TPSA) is 49.4 Å². The van der Waals surface area contributed by atoms with Crippen LogP contribution in [0, 0.1) is 0 Å². The van der Waals surface area contributed by atoms with Gasteiger partial charge in [0, 0.05) is 41.2 Å². The van der Waals surface area contributed by atoms with E-state index in [0.717, 1.165) is 29.3 Å². The average Bonchev–Trinajstić information content (AvgIpc) is 2.67. The minimum absolute atomic E-state index is 0.160. The van der Waals surface area contributed by atoms with Crippen LogP contribution in [0.4, 0.5) is 5.69 Å². The second-order valence-electron chi connectivity index (χ2n) is 7.02. The van der Waals surface area contributed by atoms with Crippen LogP contribution in [0.15, 0.2) is 30.3 Å². The van der Waals surface area contributed by atoms with Gasteiger partial charge in [0.15, 0.2) is 0 Å². The molecule has 4 nitrogen and oxygen atoms in total. The average molecular weight is 352 g/mol. The molecule has 0 fully saturated rings. The Kier molecular flexibility index (Phi) is 5.92. The van der Waals surface area contributed by atoms with Crippen LogP contribution in [-0.4, -0.2) is 30.3 Å². The predicted octanol–water partition coefficient (Wildman–Crippen LogP) is 5.23. The van der Waals surface area contributed by atoms with Crippen molar-refractivity contribution in [2.75, 3.05) is 18.9 Å². The predicted molar refractivity (Wildman–Crippen MR) is 107 cm³/mol. The standard InChI is InChI=1S/C22H28N2O2/c1-3-4-5-6-7-8-9-15-24-21(25)17-12-10-11-16-19(23-2)14-13-18(20(16)17)22(24)26/h10-14,23H,3-9,15H2,1-2H3. The van der Waals surface area contributed by atoms with Gasteiger partial charge in [-0.3, -0.25) is 14.5 Å². The first-order valence-corrected chi connectivity index (χ1v) is 9.78. The van der Waals surface area contributed by atoms with Gasteiger partial charge in [-0.05, 0) is 24.6 Å². The Bertz CT molecular complexity index is 791. The molecule has 1 aliphatic rings. The monoisotopic (exact) mass is 352 g/mol. The highest BCUT2D eigenvalue weighted by Gasteiger charge is 2.32. The number of nitrogens with one attached hydrogen (secondary N) is 1. The minimum atomic E-state index is -0.160. The maximum atomic E-state index is 12.9. The first kappa shape index (κ1) is 18.4. The molecule has 4 heteroatoms. The van der Waals surface area contributed by atoms with E-state index in [1.165, 1.54) is 37.0 Å². The molecule has 2 aromatic rings. The zero-order chi connectivity index (χ0) is 18.5. The van der Waals surface area contributed by atoms with Crippen molar-refractivity contribution < 1.29 is 9.59 Å². The van der Waals surface area contributed by atoms with Crippen LogP contribution in [-0.2, 0) is 0 Å². The number of anilines is 1. The minimum Gasteiger partial charge on any atom is -0.388 e. The van der Waals surface area contributed by atoms with Gasteiger partial charge in [0.1, 0.15) is 0 Å². The van der Waals surface area contributed by atoms with Crippen LogP contribution in [0.1, 0.15) is 72.6 Å². The van der Waals surface area contributed by atoms with Crippen LogP contribution >= 0.6 is 0 Å². The molecule has 138 valence electrons. The van der Waals surface area contributed by atoms with Crippen LogP contribution in [0.2, 0.25) is 0 Å².